The van der Waals surface area contributed by atoms with Crippen LogP contribution < -0.4 is 5.00 Å². The van der Waals surface area contributed by atoms with Crippen molar-refractivity contribution in [2.75, 3.05) is 13.2 Å². The van der Waals surface area contributed by atoms with Crippen molar-refractivity contribution in [2.24, 2.45) is 95.1 Å². The molecule has 0 aromatic carbocycles. The highest BCUT2D eigenvalue weighted by molar-refractivity contribution is 6.13. The predicted octanol–water partition coefficient (Wildman–Crippen LogP) is 22.2. The fraction of sp³-hybridized carbons (Fsp3) is 0.670. The van der Waals surface area contributed by atoms with E-state index in [-0.39, 0.29) is 155 Å². The lowest BCUT2D eigenvalue weighted by Gasteiger charge is -2.58. The summed E-state index contributed by atoms with van der Waals surface area (Å²) in [5, 5.41) is 58.2. The number of ether oxygens (including phenoxy) is 2. The highest BCUT2D eigenvalue weighted by Crippen LogP contribution is 2.66. The van der Waals surface area contributed by atoms with Gasteiger partial charge in [-0.3, -0.25) is 66.4 Å². The van der Waals surface area contributed by atoms with E-state index >= 15 is 0 Å². The molecule has 20 rings (SSSR count). The Morgan fingerprint density at radius 2 is 0.721 bits per heavy atom. The zero-order valence-corrected chi connectivity index (χ0v) is 94.8. The van der Waals surface area contributed by atoms with E-state index in [0.29, 0.717) is 86.1 Å². The van der Waals surface area contributed by atoms with E-state index in [1.54, 1.807) is 49.5 Å². The van der Waals surface area contributed by atoms with Gasteiger partial charge in [0.15, 0.2) is 52.1 Å². The maximum atomic E-state index is 13.5. The van der Waals surface area contributed by atoms with Crippen LogP contribution in [-0.2, 0) is 107 Å². The number of carbonyl (C=O) groups excluding carboxylic acids is 9. The van der Waals surface area contributed by atoms with Crippen LogP contribution in [0.4, 0.5) is 0 Å². The third-order valence-corrected chi connectivity index (χ3v) is 36.4. The number of aliphatic hydroxyl groups is 2. The number of fused-ring (bicyclic) bond motifs is 13. The standard InChI is InChI=1S/C20H30N2O3.2C19H25N3O2.C19H23N3O2.C19H26N2O3.C18H26N2O2.CH4.ClH2NO/c1-17(2,3)22-14-11-15-18(4,5)20(24-9-10-25-20)8-7-19(15,6)16(23)13(14)12-21-22;1-17(2,3)22-13-7-14-18(4,5)16-11(9-21-24-16)8-19(14,6)15(23)12(13)10-20-22;2*1-17(2,3)22-13-8-14-18(4,5)16(24)12(20-7)9-19(14,6)15(23)11(13)10-21-22;1-17(2,3)21-13-7-14-18(4,5)15(23)11(10-22)8-19(14,6)16(24)12(13)9-20-21;1-16(2,3)20-12-9-13-17(4,5)14(21)7-8-18(13,6)15(22)11(12)10-19-20;;1-2-3/h12,15H,7-11H2,1-6H3;9-10,14H,7-8H2,1-6H3;10,14,24H,8-9H2,1-6H3;9-10,14H,8H2,1-6H3;9-10,14,22H,7-8H2,1-6H3;10,13H,7-9H2,1-6H3;1H4;2-3H/b;;;;11-10-;;;/t15-,19-;4*14-,19-;13-,18-;;/m000000../s1/i;;;;;;1T;. The molecule has 4 N–H and O–H groups in total. The first kappa shape index (κ1) is 112. The molecule has 7 aromatic rings. The Labute approximate surface area is 874 Å². The summed E-state index contributed by atoms with van der Waals surface area (Å²) >= 11 is 4.30. The quantitative estimate of drug-likeness (QED) is 0.0360. The van der Waals surface area contributed by atoms with Crippen molar-refractivity contribution in [3.63, 3.8) is 0 Å². The number of nitrogens with zero attached hydrogens (tertiary/aromatic N) is 15. The molecule has 798 valence electrons. The van der Waals surface area contributed by atoms with Crippen LogP contribution in [0.2, 0.25) is 0 Å². The molecular formula is C115H161ClN16O15. The molecule has 32 heteroatoms. The zero-order chi connectivity index (χ0) is 111. The molecule has 1 spiro atoms. The number of rotatable bonds is 0. The third-order valence-electron chi connectivity index (χ3n) is 36.4. The minimum atomic E-state index is -0.837. The van der Waals surface area contributed by atoms with Gasteiger partial charge >= 0.3 is 0 Å². The van der Waals surface area contributed by atoms with Crippen LogP contribution in [0.15, 0.2) is 83.0 Å². The van der Waals surface area contributed by atoms with Crippen molar-refractivity contribution in [1.82, 2.24) is 68.8 Å². The summed E-state index contributed by atoms with van der Waals surface area (Å²) in [4.78, 5) is 126. The van der Waals surface area contributed by atoms with E-state index in [4.69, 9.17) is 33.7 Å². The first-order valence-corrected chi connectivity index (χ1v) is 52.0. The fourth-order valence-corrected chi connectivity index (χ4v) is 28.4. The van der Waals surface area contributed by atoms with Crippen LogP contribution in [0.1, 0.15) is 404 Å². The number of hydrogen-bond donors (Lipinski definition) is 4. The Balaban J connectivity index is 0.000000147. The molecule has 1 aliphatic heterocycles. The van der Waals surface area contributed by atoms with Crippen molar-refractivity contribution in [3.05, 3.63) is 180 Å². The van der Waals surface area contributed by atoms with E-state index in [1.807, 2.05) is 132 Å². The molecule has 0 unspecified atom stereocenters. The second-order valence-electron chi connectivity index (χ2n) is 54.3. The van der Waals surface area contributed by atoms with Crippen LogP contribution in [-0.4, -0.2) is 150 Å². The number of aromatic nitrogens is 13. The molecule has 12 aliphatic carbocycles. The smallest absolute Gasteiger partial charge is 0.226 e. The maximum Gasteiger partial charge on any atom is 0.226 e. The normalized spacial score (nSPS) is 29.6. The molecule has 147 heavy (non-hydrogen) atoms. The van der Waals surface area contributed by atoms with Crippen LogP contribution in [0.3, 0.4) is 0 Å². The minimum absolute atomic E-state index is 0.0316. The summed E-state index contributed by atoms with van der Waals surface area (Å²) < 4.78 is 35.4. The lowest BCUT2D eigenvalue weighted by molar-refractivity contribution is -0.277. The number of hydrogen-bond acceptors (Lipinski definition) is 23. The van der Waals surface area contributed by atoms with Gasteiger partial charge in [-0.05, 0) is 238 Å². The molecule has 3 saturated carbocycles. The number of aliphatic hydroxyl groups excluding tert-OH is 2. The van der Waals surface area contributed by atoms with Gasteiger partial charge in [-0.1, -0.05) is 136 Å². The molecule has 0 radical (unpaired) electrons. The van der Waals surface area contributed by atoms with Crippen LogP contribution in [0, 0.1) is 108 Å². The van der Waals surface area contributed by atoms with Crippen molar-refractivity contribution in [1.29, 1.82) is 0 Å². The third kappa shape index (κ3) is 17.8. The SMILES string of the molecule is CC(C)(C)n1ncc2c1C[C@H]1C(C)(C)C3(CC[C@]1(C)C2=O)OCCO3.CC1(C)C(=O)/C(=C\O)C[C@]2(C)C(=O)c3cnn(C(C)(C)C)c3C[C@@H]12.CC1(C)C(=O)CC[C@]2(C)C(=O)c3cnn(C(C)(C)C)c3C[C@@H]12.CC1(C)c2oncc2C[C@]2(C)C(=O)c3cnn(C(C)(C)C)c3C[C@@H]12.ONCl.[3H]C.[C-]#[N+]C1=C(O)C(C)(C)[C@@H]2Cc3c(cnn3C(C)(C)C)C(=O)[C@@]2(C)C1.[C-]#[N+]C1=C[C@]2(C)C(=O)c3cnn(C(C)(C)C)c3C[C@H]2C(C)(C)C1=O. The lowest BCUT2D eigenvalue weighted by Crippen LogP contribution is -2.62. The lowest BCUT2D eigenvalue weighted by atomic mass is 9.49. The summed E-state index contributed by atoms with van der Waals surface area (Å²) in [5.74, 6) is 1.29. The van der Waals surface area contributed by atoms with Gasteiger partial charge in [0.2, 0.25) is 11.4 Å². The van der Waals surface area contributed by atoms with E-state index < -0.39 is 54.5 Å². The van der Waals surface area contributed by atoms with Crippen LogP contribution >= 0.6 is 11.8 Å². The molecule has 1 saturated heterocycles. The number of nitrogens with one attached hydrogen (secondary N) is 1. The highest BCUT2D eigenvalue weighted by Gasteiger charge is 2.69. The average molecular weight is 2050 g/mol. The number of ketones is 9. The van der Waals surface area contributed by atoms with Gasteiger partial charge < -0.3 is 34.2 Å². The highest BCUT2D eigenvalue weighted by atomic mass is 35.5. The van der Waals surface area contributed by atoms with Crippen LogP contribution in [0.25, 0.3) is 9.69 Å². The number of halogens is 1. The second-order valence-corrected chi connectivity index (χ2v) is 54.4. The van der Waals surface area contributed by atoms with Gasteiger partial charge in [-0.2, -0.15) is 30.6 Å². The second kappa shape index (κ2) is 36.9. The van der Waals surface area contributed by atoms with Crippen molar-refractivity contribution < 1.29 is 73.9 Å². The molecule has 8 heterocycles. The Morgan fingerprint density at radius 1 is 0.408 bits per heavy atom. The molecular weight excluding hydrogens is 1880 g/mol. The van der Waals surface area contributed by atoms with E-state index in [9.17, 15) is 53.4 Å². The molecule has 0 amide bonds. The Bertz CT molecular complexity index is 6700. The Kier molecular flexibility index (Phi) is 28.2. The van der Waals surface area contributed by atoms with Gasteiger partial charge in [0.1, 0.15) is 17.3 Å². The van der Waals surface area contributed by atoms with Gasteiger partial charge in [-0.15, -0.1) is 5.00 Å². The van der Waals surface area contributed by atoms with E-state index in [2.05, 4.69) is 203 Å². The summed E-state index contributed by atoms with van der Waals surface area (Å²) in [5.41, 5.74) is 4.48. The first-order chi connectivity index (χ1) is 67.8. The number of carbonyl (C=O) groups is 9. The fourth-order valence-electron chi connectivity index (χ4n) is 28.4. The topological polar surface area (TPSA) is 386 Å². The maximum absolute atomic E-state index is 13.5. The van der Waals surface area contributed by atoms with Crippen molar-refractivity contribution in [2.45, 2.75) is 385 Å². The molecule has 4 fully saturated rings. The largest absolute Gasteiger partial charge is 0.523 e. The Morgan fingerprint density at radius 3 is 1.08 bits per heavy atom. The number of Topliss-reactive ketones (excluding diaryl/α,β-unsaturated/α-hetero) is 9. The van der Waals surface area contributed by atoms with E-state index in [1.165, 1.54) is 12.4 Å². The molecule has 0 bridgehead atoms. The Hall–Kier alpha value is -10.6. The zero-order valence-electron chi connectivity index (χ0n) is 95.1. The monoisotopic (exact) mass is 2040 g/mol. The van der Waals surface area contributed by atoms with Crippen molar-refractivity contribution >= 4 is 63.8 Å². The van der Waals surface area contributed by atoms with Gasteiger partial charge in [0.25, 0.3) is 0 Å². The summed E-state index contributed by atoms with van der Waals surface area (Å²) in [6.07, 6.45) is 22.9. The van der Waals surface area contributed by atoms with Gasteiger partial charge in [0.05, 0.1) is 177 Å². The average Bonchev–Trinajstić information content (AvgIpc) is 1.36. The predicted molar refractivity (Wildman–Crippen MR) is 560 cm³/mol. The minimum Gasteiger partial charge on any atom is -0.523 e. The summed E-state index contributed by atoms with van der Waals surface area (Å²) in [6, 6.07) is 0. The number of allylic oxidation sites excluding steroid dienone is 5. The van der Waals surface area contributed by atoms with Gasteiger partial charge in [-0.25, -0.2) is 9.69 Å². The first-order valence-electron chi connectivity index (χ1n) is 52.6. The van der Waals surface area contributed by atoms with Crippen molar-refractivity contribution in [3.8, 4) is 0 Å². The van der Waals surface area contributed by atoms with E-state index in [0.717, 1.165) is 101 Å². The molecule has 7 aromatic heterocycles. The summed E-state index contributed by atoms with van der Waals surface area (Å²) in [6.45, 7) is 89.7. The molecule has 13 aliphatic rings. The van der Waals surface area contributed by atoms with Gasteiger partial charge in [0, 0.05) is 102 Å². The molecule has 12 atom stereocenters. The molecule has 31 nitrogen and oxygen atoms in total. The van der Waals surface area contributed by atoms with Crippen LogP contribution in [0.5, 0.6) is 0 Å². The summed E-state index contributed by atoms with van der Waals surface area (Å²) in [7, 11) is 1.25.